The van der Waals surface area contributed by atoms with Crippen molar-refractivity contribution in [2.75, 3.05) is 26.2 Å². The van der Waals surface area contributed by atoms with Gasteiger partial charge in [-0.05, 0) is 69.9 Å². The minimum Gasteiger partial charge on any atom is -0.457 e. The van der Waals surface area contributed by atoms with Crippen LogP contribution in [0.3, 0.4) is 0 Å². The van der Waals surface area contributed by atoms with E-state index in [9.17, 15) is 24.9 Å². The Hall–Kier alpha value is -2.24. The van der Waals surface area contributed by atoms with Crippen LogP contribution in [-0.2, 0) is 19.0 Å². The fourth-order valence-corrected chi connectivity index (χ4v) is 6.92. The van der Waals surface area contributed by atoms with E-state index in [1.165, 1.54) is 12.8 Å². The number of carbonyl (C=O) groups excluding carboxylic acids is 2. The van der Waals surface area contributed by atoms with E-state index in [0.717, 1.165) is 25.1 Å². The number of nitrogens with zero attached hydrogens (tertiary/aromatic N) is 2. The molecule has 3 heterocycles. The molecule has 0 aromatic rings. The summed E-state index contributed by atoms with van der Waals surface area (Å²) >= 11 is 0. The van der Waals surface area contributed by atoms with Gasteiger partial charge in [-0.25, -0.2) is 4.79 Å². The van der Waals surface area contributed by atoms with Crippen LogP contribution in [0.2, 0.25) is 0 Å². The van der Waals surface area contributed by atoms with Gasteiger partial charge in [0.15, 0.2) is 0 Å². The van der Waals surface area contributed by atoms with Crippen molar-refractivity contribution in [2.24, 2.45) is 17.8 Å². The maximum absolute atomic E-state index is 13.3. The number of amides is 1. The maximum atomic E-state index is 13.3. The first kappa shape index (κ1) is 37.6. The van der Waals surface area contributed by atoms with Gasteiger partial charge >= 0.3 is 12.1 Å². The van der Waals surface area contributed by atoms with Crippen LogP contribution in [0.15, 0.2) is 36.0 Å². The number of rotatable bonds is 10. The van der Waals surface area contributed by atoms with E-state index in [4.69, 9.17) is 14.2 Å². The number of aliphatic hydroxyl groups is 3. The molecule has 2 saturated heterocycles. The number of epoxide rings is 1. The minimum absolute atomic E-state index is 0.00842. The quantitative estimate of drug-likeness (QED) is 0.131. The van der Waals surface area contributed by atoms with E-state index in [1.807, 2.05) is 57.7 Å². The number of hydrogen-bond acceptors (Lipinski definition) is 9. The van der Waals surface area contributed by atoms with Crippen LogP contribution >= 0.6 is 0 Å². The molecule has 0 aromatic heterocycles. The first-order chi connectivity index (χ1) is 22.3. The highest BCUT2D eigenvalue weighted by Crippen LogP contribution is 2.37. The molecule has 0 aromatic carbocycles. The topological polar surface area (TPSA) is 132 Å². The predicted molar refractivity (Wildman–Crippen MR) is 181 cm³/mol. The normalized spacial score (nSPS) is 35.1. The summed E-state index contributed by atoms with van der Waals surface area (Å²) < 4.78 is 17.8. The van der Waals surface area contributed by atoms with E-state index in [2.05, 4.69) is 4.90 Å². The van der Waals surface area contributed by atoms with Crippen molar-refractivity contribution in [1.29, 1.82) is 0 Å². The number of aliphatic hydroxyl groups excluding tert-OH is 2. The lowest BCUT2D eigenvalue weighted by Crippen LogP contribution is -2.39. The summed E-state index contributed by atoms with van der Waals surface area (Å²) in [5, 5.41) is 31.8. The summed E-state index contributed by atoms with van der Waals surface area (Å²) in [6.07, 6.45) is 11.7. The molecular formula is C37H60N2O8. The summed E-state index contributed by atoms with van der Waals surface area (Å²) in [6, 6.07) is 0.677. The zero-order valence-corrected chi connectivity index (χ0v) is 29.4. The molecule has 10 nitrogen and oxygen atoms in total. The Morgan fingerprint density at radius 3 is 2.60 bits per heavy atom. The lowest BCUT2D eigenvalue weighted by atomic mass is 9.91. The zero-order chi connectivity index (χ0) is 34.3. The fraction of sp³-hybridized carbons (Fsp3) is 0.784. The SMILES string of the molecule is CCC(O)C(C)C1OC1CC(C)(O)/C=C/C=C(\C)C1OC(=O)CC(O)CCC(C)C(OC(=O)N2CCCN(C3CC3)CC2)/C=C/C1C. The van der Waals surface area contributed by atoms with Crippen LogP contribution in [0.4, 0.5) is 4.79 Å². The molecule has 10 atom stereocenters. The highest BCUT2D eigenvalue weighted by Gasteiger charge is 2.47. The van der Waals surface area contributed by atoms with Gasteiger partial charge in [-0.3, -0.25) is 9.69 Å². The molecule has 0 bridgehead atoms. The molecule has 4 aliphatic rings. The number of ether oxygens (including phenoxy) is 3. The molecule has 3 fully saturated rings. The Labute approximate surface area is 281 Å². The van der Waals surface area contributed by atoms with Crippen LogP contribution in [0.25, 0.3) is 0 Å². The van der Waals surface area contributed by atoms with Crippen molar-refractivity contribution in [1.82, 2.24) is 9.80 Å². The van der Waals surface area contributed by atoms with Crippen molar-refractivity contribution in [2.45, 2.75) is 141 Å². The van der Waals surface area contributed by atoms with Crippen LogP contribution in [0, 0.1) is 17.8 Å². The van der Waals surface area contributed by atoms with Crippen LogP contribution in [0.5, 0.6) is 0 Å². The zero-order valence-electron chi connectivity index (χ0n) is 29.4. The Balaban J connectivity index is 1.41. The van der Waals surface area contributed by atoms with Gasteiger partial charge in [0.05, 0.1) is 36.4 Å². The van der Waals surface area contributed by atoms with Gasteiger partial charge in [0.1, 0.15) is 12.2 Å². The third-order valence-electron chi connectivity index (χ3n) is 10.4. The fourth-order valence-electron chi connectivity index (χ4n) is 6.92. The molecule has 0 radical (unpaired) electrons. The summed E-state index contributed by atoms with van der Waals surface area (Å²) in [6.45, 7) is 14.7. The van der Waals surface area contributed by atoms with E-state index < -0.39 is 36.0 Å². The summed E-state index contributed by atoms with van der Waals surface area (Å²) in [5.74, 6) is -0.754. The van der Waals surface area contributed by atoms with Gasteiger partial charge in [0.2, 0.25) is 0 Å². The minimum atomic E-state index is -1.12. The summed E-state index contributed by atoms with van der Waals surface area (Å²) in [4.78, 5) is 30.5. The van der Waals surface area contributed by atoms with Crippen LogP contribution in [-0.4, -0.2) is 112 Å². The van der Waals surface area contributed by atoms with Crippen molar-refractivity contribution < 1.29 is 39.1 Å². The molecule has 3 N–H and O–H groups in total. The highest BCUT2D eigenvalue weighted by atomic mass is 16.6. The van der Waals surface area contributed by atoms with Crippen LogP contribution < -0.4 is 0 Å². The highest BCUT2D eigenvalue weighted by molar-refractivity contribution is 5.70. The van der Waals surface area contributed by atoms with E-state index in [-0.39, 0.29) is 42.5 Å². The van der Waals surface area contributed by atoms with Crippen molar-refractivity contribution in [3.8, 4) is 0 Å². The molecule has 10 unspecified atom stereocenters. The van der Waals surface area contributed by atoms with Gasteiger partial charge < -0.3 is 34.4 Å². The maximum Gasteiger partial charge on any atom is 0.410 e. The molecule has 266 valence electrons. The predicted octanol–water partition coefficient (Wildman–Crippen LogP) is 4.76. The largest absolute Gasteiger partial charge is 0.457 e. The third kappa shape index (κ3) is 11.4. The molecule has 1 amide bonds. The van der Waals surface area contributed by atoms with E-state index in [1.54, 1.807) is 19.1 Å². The van der Waals surface area contributed by atoms with Crippen molar-refractivity contribution in [3.63, 3.8) is 0 Å². The number of hydrogen-bond donors (Lipinski definition) is 3. The molecule has 1 aliphatic carbocycles. The van der Waals surface area contributed by atoms with E-state index in [0.29, 0.717) is 44.8 Å². The Kier molecular flexibility index (Phi) is 13.5. The Morgan fingerprint density at radius 1 is 1.15 bits per heavy atom. The second kappa shape index (κ2) is 16.9. The Morgan fingerprint density at radius 2 is 1.89 bits per heavy atom. The number of esters is 1. The molecular weight excluding hydrogens is 600 g/mol. The number of allylic oxidation sites excluding steroid dienone is 2. The van der Waals surface area contributed by atoms with Crippen molar-refractivity contribution >= 4 is 12.1 Å². The van der Waals surface area contributed by atoms with Gasteiger partial charge in [-0.15, -0.1) is 0 Å². The molecule has 10 heteroatoms. The molecule has 3 aliphatic heterocycles. The summed E-state index contributed by atoms with van der Waals surface area (Å²) in [5.41, 5.74) is -0.344. The third-order valence-corrected chi connectivity index (χ3v) is 10.4. The lowest BCUT2D eigenvalue weighted by Gasteiger charge is -2.29. The molecule has 1 saturated carbocycles. The molecule has 0 spiro atoms. The lowest BCUT2D eigenvalue weighted by molar-refractivity contribution is -0.151. The molecule has 4 rings (SSSR count). The molecule has 47 heavy (non-hydrogen) atoms. The van der Waals surface area contributed by atoms with Gasteiger partial charge in [0, 0.05) is 50.5 Å². The summed E-state index contributed by atoms with van der Waals surface area (Å²) in [7, 11) is 0. The standard InChI is InChI=1S/C37H60N2O8/c1-7-30(41)27(5)35-32(45-35)23-37(6,44)17-8-10-25(3)34-26(4)12-16-31(24(2)11-15-29(40)22-33(42)47-34)46-36(43)39-19-9-18-38(20-21-39)28-13-14-28/h8,10,12,16-17,24,26-32,34-35,40-41,44H,7,9,11,13-15,18-23H2,1-6H3/b16-12+,17-8+,25-10+. The number of cyclic esters (lactones) is 1. The van der Waals surface area contributed by atoms with Gasteiger partial charge in [0.25, 0.3) is 0 Å². The average molecular weight is 661 g/mol. The van der Waals surface area contributed by atoms with Gasteiger partial charge in [-0.2, -0.15) is 0 Å². The van der Waals surface area contributed by atoms with Crippen molar-refractivity contribution in [3.05, 3.63) is 36.0 Å². The van der Waals surface area contributed by atoms with Gasteiger partial charge in [-0.1, -0.05) is 52.0 Å². The second-order valence-electron chi connectivity index (χ2n) is 14.8. The number of carbonyl (C=O) groups is 2. The van der Waals surface area contributed by atoms with Crippen LogP contribution in [0.1, 0.15) is 92.9 Å². The Bertz CT molecular complexity index is 1130. The average Bonchev–Trinajstić information content (AvgIpc) is 3.93. The monoisotopic (exact) mass is 660 g/mol. The first-order valence-corrected chi connectivity index (χ1v) is 17.9. The van der Waals surface area contributed by atoms with E-state index >= 15 is 0 Å². The second-order valence-corrected chi connectivity index (χ2v) is 14.8. The smallest absolute Gasteiger partial charge is 0.410 e. The first-order valence-electron chi connectivity index (χ1n) is 17.9.